The Labute approximate surface area is 153 Å². The lowest BCUT2D eigenvalue weighted by Gasteiger charge is -2.06. The number of aromatic nitrogens is 1. The third-order valence-corrected chi connectivity index (χ3v) is 3.59. The number of nitrogens with zero attached hydrogens (tertiary/aromatic N) is 1. The van der Waals surface area contributed by atoms with Crippen LogP contribution in [0.25, 0.3) is 11.3 Å². The Kier molecular flexibility index (Phi) is 5.25. The molecule has 0 fully saturated rings. The molecule has 0 aliphatic rings. The van der Waals surface area contributed by atoms with Crippen LogP contribution in [-0.2, 0) is 16.0 Å². The third kappa shape index (κ3) is 4.75. The maximum atomic E-state index is 13.8. The van der Waals surface area contributed by atoms with Crippen LogP contribution >= 0.6 is 0 Å². The van der Waals surface area contributed by atoms with Gasteiger partial charge in [0.2, 0.25) is 11.8 Å². The minimum absolute atomic E-state index is 0.0594. The first-order chi connectivity index (χ1) is 12.9. The minimum Gasteiger partial charge on any atom is -0.356 e. The van der Waals surface area contributed by atoms with Gasteiger partial charge in [-0.1, -0.05) is 5.16 Å². The van der Waals surface area contributed by atoms with E-state index in [0.717, 1.165) is 12.1 Å². The summed E-state index contributed by atoms with van der Waals surface area (Å²) in [6.07, 6.45) is -0.0836. The molecule has 0 spiro atoms. The lowest BCUT2D eigenvalue weighted by Crippen LogP contribution is -2.14. The average Bonchev–Trinajstić information content (AvgIpc) is 3.04. The zero-order chi connectivity index (χ0) is 19.4. The lowest BCUT2D eigenvalue weighted by molar-refractivity contribution is -0.116. The van der Waals surface area contributed by atoms with Gasteiger partial charge in [-0.05, 0) is 36.4 Å². The van der Waals surface area contributed by atoms with Crippen LogP contribution < -0.4 is 10.6 Å². The number of nitrogens with one attached hydrogen (secondary N) is 2. The molecular formula is C19H15F2N3O3. The molecule has 1 aromatic heterocycles. The quantitative estimate of drug-likeness (QED) is 0.715. The van der Waals surface area contributed by atoms with Crippen molar-refractivity contribution in [2.75, 3.05) is 10.6 Å². The van der Waals surface area contributed by atoms with Crippen molar-refractivity contribution in [3.05, 3.63) is 65.9 Å². The lowest BCUT2D eigenvalue weighted by atomic mass is 10.1. The molecule has 0 saturated carbocycles. The molecule has 3 rings (SSSR count). The number of benzene rings is 2. The van der Waals surface area contributed by atoms with E-state index in [-0.39, 0.29) is 29.6 Å². The highest BCUT2D eigenvalue weighted by Gasteiger charge is 2.14. The largest absolute Gasteiger partial charge is 0.356 e. The fraction of sp³-hybridized carbons (Fsp3) is 0.105. The second-order valence-corrected chi connectivity index (χ2v) is 5.79. The molecule has 2 N–H and O–H groups in total. The molecular weight excluding hydrogens is 356 g/mol. The molecule has 0 radical (unpaired) electrons. The monoisotopic (exact) mass is 371 g/mol. The van der Waals surface area contributed by atoms with E-state index in [9.17, 15) is 18.4 Å². The van der Waals surface area contributed by atoms with Crippen LogP contribution in [0.3, 0.4) is 0 Å². The van der Waals surface area contributed by atoms with E-state index in [0.29, 0.717) is 17.1 Å². The zero-order valence-corrected chi connectivity index (χ0v) is 14.3. The molecule has 2 amide bonds. The average molecular weight is 371 g/mol. The predicted molar refractivity (Wildman–Crippen MR) is 94.9 cm³/mol. The summed E-state index contributed by atoms with van der Waals surface area (Å²) in [6, 6.07) is 11.1. The molecule has 0 saturated heterocycles. The van der Waals surface area contributed by atoms with E-state index < -0.39 is 11.6 Å². The number of hydrogen-bond donors (Lipinski definition) is 2. The van der Waals surface area contributed by atoms with E-state index in [1.165, 1.54) is 19.1 Å². The molecule has 0 unspecified atom stereocenters. The van der Waals surface area contributed by atoms with Crippen LogP contribution in [0.5, 0.6) is 0 Å². The Morgan fingerprint density at radius 2 is 1.67 bits per heavy atom. The summed E-state index contributed by atoms with van der Waals surface area (Å²) < 4.78 is 31.8. The Bertz CT molecular complexity index is 984. The molecule has 0 aliphatic carbocycles. The van der Waals surface area contributed by atoms with Gasteiger partial charge in [0.05, 0.1) is 17.7 Å². The van der Waals surface area contributed by atoms with Crippen molar-refractivity contribution in [1.82, 2.24) is 5.16 Å². The van der Waals surface area contributed by atoms with Crippen molar-refractivity contribution >= 4 is 23.2 Å². The van der Waals surface area contributed by atoms with Crippen molar-refractivity contribution in [3.8, 4) is 11.3 Å². The summed E-state index contributed by atoms with van der Waals surface area (Å²) in [5, 5.41) is 9.05. The standard InChI is InChI=1S/C19H15F2N3O3/c1-11(25)22-13-3-5-14(6-4-13)23-19(26)10-15-9-18(27-24-15)16-7-2-12(20)8-17(16)21/h2-9H,10H2,1H3,(H,22,25)(H,23,26). The van der Waals surface area contributed by atoms with E-state index in [1.807, 2.05) is 0 Å². The number of halogens is 2. The van der Waals surface area contributed by atoms with Crippen LogP contribution in [0.4, 0.5) is 20.2 Å². The molecule has 6 nitrogen and oxygen atoms in total. The summed E-state index contributed by atoms with van der Waals surface area (Å²) >= 11 is 0. The first kappa shape index (κ1) is 18.2. The van der Waals surface area contributed by atoms with Gasteiger partial charge in [0.15, 0.2) is 5.76 Å². The van der Waals surface area contributed by atoms with E-state index in [2.05, 4.69) is 15.8 Å². The smallest absolute Gasteiger partial charge is 0.230 e. The van der Waals surface area contributed by atoms with Gasteiger partial charge >= 0.3 is 0 Å². The summed E-state index contributed by atoms with van der Waals surface area (Å²) in [6.45, 7) is 1.40. The van der Waals surface area contributed by atoms with E-state index >= 15 is 0 Å². The maximum absolute atomic E-state index is 13.8. The summed E-state index contributed by atoms with van der Waals surface area (Å²) in [5.74, 6) is -1.90. The number of anilines is 2. The van der Waals surface area contributed by atoms with Crippen molar-refractivity contribution in [2.45, 2.75) is 13.3 Å². The molecule has 0 atom stereocenters. The first-order valence-electron chi connectivity index (χ1n) is 7.99. The second kappa shape index (κ2) is 7.77. The first-order valence-corrected chi connectivity index (χ1v) is 7.99. The van der Waals surface area contributed by atoms with Gasteiger partial charge in [-0.25, -0.2) is 8.78 Å². The summed E-state index contributed by atoms with van der Waals surface area (Å²) in [7, 11) is 0. The molecule has 27 heavy (non-hydrogen) atoms. The molecule has 2 aromatic carbocycles. The number of rotatable bonds is 5. The molecule has 138 valence electrons. The molecule has 8 heteroatoms. The topological polar surface area (TPSA) is 84.2 Å². The van der Waals surface area contributed by atoms with Gasteiger partial charge in [0.1, 0.15) is 11.6 Å². The highest BCUT2D eigenvalue weighted by atomic mass is 19.1. The van der Waals surface area contributed by atoms with Gasteiger partial charge in [0, 0.05) is 30.4 Å². The van der Waals surface area contributed by atoms with Crippen molar-refractivity contribution < 1.29 is 22.9 Å². The van der Waals surface area contributed by atoms with Crippen LogP contribution in [0, 0.1) is 11.6 Å². The van der Waals surface area contributed by atoms with Crippen molar-refractivity contribution in [2.24, 2.45) is 0 Å². The maximum Gasteiger partial charge on any atom is 0.230 e. The molecule has 0 aliphatic heterocycles. The van der Waals surface area contributed by atoms with E-state index in [4.69, 9.17) is 4.52 Å². The molecule has 0 bridgehead atoms. The second-order valence-electron chi connectivity index (χ2n) is 5.79. The Balaban J connectivity index is 1.63. The van der Waals surface area contributed by atoms with Gasteiger partial charge in [-0.15, -0.1) is 0 Å². The van der Waals surface area contributed by atoms with Gasteiger partial charge in [0.25, 0.3) is 0 Å². The summed E-state index contributed by atoms with van der Waals surface area (Å²) in [4.78, 5) is 23.1. The van der Waals surface area contributed by atoms with Crippen LogP contribution in [0.2, 0.25) is 0 Å². The third-order valence-electron chi connectivity index (χ3n) is 3.59. The highest BCUT2D eigenvalue weighted by Crippen LogP contribution is 2.24. The number of hydrogen-bond acceptors (Lipinski definition) is 4. The zero-order valence-electron chi connectivity index (χ0n) is 14.3. The van der Waals surface area contributed by atoms with Crippen LogP contribution in [-0.4, -0.2) is 17.0 Å². The van der Waals surface area contributed by atoms with Crippen LogP contribution in [0.15, 0.2) is 53.1 Å². The minimum atomic E-state index is -0.776. The number of carbonyl (C=O) groups is 2. The fourth-order valence-corrected chi connectivity index (χ4v) is 2.42. The Morgan fingerprint density at radius 1 is 1.00 bits per heavy atom. The normalized spacial score (nSPS) is 10.5. The highest BCUT2D eigenvalue weighted by molar-refractivity contribution is 5.93. The van der Waals surface area contributed by atoms with Gasteiger partial charge < -0.3 is 15.2 Å². The van der Waals surface area contributed by atoms with Gasteiger partial charge in [-0.3, -0.25) is 9.59 Å². The fourth-order valence-electron chi connectivity index (χ4n) is 2.42. The van der Waals surface area contributed by atoms with Gasteiger partial charge in [-0.2, -0.15) is 0 Å². The van der Waals surface area contributed by atoms with Crippen molar-refractivity contribution in [1.29, 1.82) is 0 Å². The van der Waals surface area contributed by atoms with Crippen molar-refractivity contribution in [3.63, 3.8) is 0 Å². The Morgan fingerprint density at radius 3 is 2.30 bits per heavy atom. The van der Waals surface area contributed by atoms with E-state index in [1.54, 1.807) is 24.3 Å². The molecule has 1 heterocycles. The Hall–Kier alpha value is -3.55. The SMILES string of the molecule is CC(=O)Nc1ccc(NC(=O)Cc2cc(-c3ccc(F)cc3F)on2)cc1. The summed E-state index contributed by atoms with van der Waals surface area (Å²) in [5.41, 5.74) is 1.52. The number of amides is 2. The molecule has 3 aromatic rings. The predicted octanol–water partition coefficient (Wildman–Crippen LogP) is 3.76. The van der Waals surface area contributed by atoms with Crippen LogP contribution in [0.1, 0.15) is 12.6 Å². The number of carbonyl (C=O) groups excluding carboxylic acids is 2.